The van der Waals surface area contributed by atoms with Gasteiger partial charge in [0.25, 0.3) is 5.69 Å². The Labute approximate surface area is 143 Å². The number of rotatable bonds is 3. The number of nitro benzene ring substituents is 1. The maximum atomic E-state index is 11.2. The summed E-state index contributed by atoms with van der Waals surface area (Å²) in [5, 5.41) is 20.4. The second kappa shape index (κ2) is 6.88. The van der Waals surface area contributed by atoms with E-state index in [4.69, 9.17) is 5.26 Å². The molecule has 1 fully saturated rings. The Kier molecular flexibility index (Phi) is 5.26. The highest BCUT2D eigenvalue weighted by molar-refractivity contribution is 5.51. The van der Waals surface area contributed by atoms with Crippen LogP contribution in [0.25, 0.3) is 0 Å². The first-order valence-electron chi connectivity index (χ1n) is 8.30. The van der Waals surface area contributed by atoms with Gasteiger partial charge in [0.1, 0.15) is 0 Å². The fourth-order valence-electron chi connectivity index (χ4n) is 3.59. The maximum Gasteiger partial charge on any atom is 0.273 e. The van der Waals surface area contributed by atoms with Crippen molar-refractivity contribution in [3.63, 3.8) is 0 Å². The molecule has 0 spiro atoms. The van der Waals surface area contributed by atoms with E-state index in [-0.39, 0.29) is 11.2 Å². The minimum absolute atomic E-state index is 0.0328. The molecule has 0 amide bonds. The summed E-state index contributed by atoms with van der Waals surface area (Å²) in [7, 11) is 0. The summed E-state index contributed by atoms with van der Waals surface area (Å²) in [4.78, 5) is 15.6. The van der Waals surface area contributed by atoms with Crippen LogP contribution in [0.1, 0.15) is 44.4 Å². The summed E-state index contributed by atoms with van der Waals surface area (Å²) in [6.45, 7) is 14.1. The smallest absolute Gasteiger partial charge is 0.273 e. The lowest BCUT2D eigenvalue weighted by molar-refractivity contribution is -0.385. The Morgan fingerprint density at radius 3 is 2.54 bits per heavy atom. The van der Waals surface area contributed by atoms with Gasteiger partial charge in [-0.2, -0.15) is 5.26 Å². The van der Waals surface area contributed by atoms with E-state index in [1.165, 1.54) is 6.07 Å². The molecule has 6 heteroatoms. The van der Waals surface area contributed by atoms with Crippen molar-refractivity contribution in [1.29, 1.82) is 5.26 Å². The number of hydrogen-bond acceptors (Lipinski definition) is 5. The molecule has 1 aromatic rings. The van der Waals surface area contributed by atoms with Crippen molar-refractivity contribution in [2.75, 3.05) is 19.6 Å². The highest BCUT2D eigenvalue weighted by Crippen LogP contribution is 2.27. The van der Waals surface area contributed by atoms with Crippen LogP contribution in [-0.4, -0.2) is 45.9 Å². The predicted molar refractivity (Wildman–Crippen MR) is 93.7 cm³/mol. The maximum absolute atomic E-state index is 11.2. The second-order valence-corrected chi connectivity index (χ2v) is 7.60. The molecule has 0 bridgehead atoms. The average Bonchev–Trinajstić information content (AvgIpc) is 2.47. The lowest BCUT2D eigenvalue weighted by atomic mass is 9.99. The van der Waals surface area contributed by atoms with Crippen molar-refractivity contribution in [2.45, 2.75) is 52.7 Å². The van der Waals surface area contributed by atoms with E-state index in [2.05, 4.69) is 37.5 Å². The quantitative estimate of drug-likeness (QED) is 0.629. The van der Waals surface area contributed by atoms with Gasteiger partial charge in [-0.15, -0.1) is 0 Å². The van der Waals surface area contributed by atoms with Crippen LogP contribution < -0.4 is 0 Å². The summed E-state index contributed by atoms with van der Waals surface area (Å²) in [6.07, 6.45) is 0. The molecule has 2 rings (SSSR count). The molecule has 24 heavy (non-hydrogen) atoms. The molecule has 0 N–H and O–H groups in total. The number of piperazine rings is 1. The average molecular weight is 330 g/mol. The lowest BCUT2D eigenvalue weighted by Crippen LogP contribution is -2.57. The van der Waals surface area contributed by atoms with E-state index in [9.17, 15) is 10.1 Å². The Hall–Kier alpha value is -1.97. The van der Waals surface area contributed by atoms with Gasteiger partial charge >= 0.3 is 0 Å². The zero-order chi connectivity index (χ0) is 18.1. The fraction of sp³-hybridized carbons (Fsp3) is 0.611. The van der Waals surface area contributed by atoms with Crippen molar-refractivity contribution in [2.24, 2.45) is 0 Å². The van der Waals surface area contributed by atoms with Gasteiger partial charge < -0.3 is 0 Å². The summed E-state index contributed by atoms with van der Waals surface area (Å²) in [5.41, 5.74) is 2.05. The fourth-order valence-corrected chi connectivity index (χ4v) is 3.59. The lowest BCUT2D eigenvalue weighted by Gasteiger charge is -2.47. The van der Waals surface area contributed by atoms with Crippen LogP contribution >= 0.6 is 0 Å². The third-order valence-electron chi connectivity index (χ3n) is 4.78. The van der Waals surface area contributed by atoms with E-state index in [0.717, 1.165) is 25.2 Å². The monoisotopic (exact) mass is 330 g/mol. The molecule has 0 radical (unpaired) electrons. The molecule has 1 aliphatic rings. The van der Waals surface area contributed by atoms with Gasteiger partial charge in [0, 0.05) is 49.4 Å². The molecule has 1 aliphatic heterocycles. The molecule has 0 saturated carbocycles. The van der Waals surface area contributed by atoms with E-state index in [1.54, 1.807) is 13.0 Å². The van der Waals surface area contributed by atoms with Gasteiger partial charge in [-0.25, -0.2) is 0 Å². The number of nitriles is 1. The topological polar surface area (TPSA) is 73.4 Å². The first-order chi connectivity index (χ1) is 11.1. The van der Waals surface area contributed by atoms with Crippen LogP contribution in [0, 0.1) is 28.4 Å². The third-order valence-corrected chi connectivity index (χ3v) is 4.78. The Morgan fingerprint density at radius 2 is 2.04 bits per heavy atom. The van der Waals surface area contributed by atoms with E-state index in [1.807, 2.05) is 6.07 Å². The predicted octanol–water partition coefficient (Wildman–Crippen LogP) is 3.08. The highest BCUT2D eigenvalue weighted by atomic mass is 16.6. The highest BCUT2D eigenvalue weighted by Gasteiger charge is 2.31. The van der Waals surface area contributed by atoms with E-state index >= 15 is 0 Å². The molecule has 0 aliphatic carbocycles. The van der Waals surface area contributed by atoms with Gasteiger partial charge in [0.2, 0.25) is 0 Å². The largest absolute Gasteiger partial charge is 0.296 e. The first-order valence-corrected chi connectivity index (χ1v) is 8.30. The van der Waals surface area contributed by atoms with Crippen molar-refractivity contribution in [3.05, 3.63) is 38.9 Å². The van der Waals surface area contributed by atoms with E-state index < -0.39 is 4.92 Å². The van der Waals surface area contributed by atoms with Crippen molar-refractivity contribution in [3.8, 4) is 6.07 Å². The molecule has 1 heterocycles. The minimum Gasteiger partial charge on any atom is -0.296 e. The molecule has 130 valence electrons. The Morgan fingerprint density at radius 1 is 1.38 bits per heavy atom. The van der Waals surface area contributed by atoms with Gasteiger partial charge in [0.15, 0.2) is 0 Å². The van der Waals surface area contributed by atoms with Gasteiger partial charge in [-0.1, -0.05) is 0 Å². The van der Waals surface area contributed by atoms with Gasteiger partial charge in [0.05, 0.1) is 16.6 Å². The summed E-state index contributed by atoms with van der Waals surface area (Å²) in [5.74, 6) is 0. The zero-order valence-corrected chi connectivity index (χ0v) is 15.2. The standard InChI is InChI=1S/C18H26N4O2/c1-13-11-20(6-7-21(13)18(3,4)5)12-16-8-15(10-19)9-17(14(16)2)22(23)24/h8-9,13H,6-7,11-12H2,1-5H3/t13-/m0/s1. The first kappa shape index (κ1) is 18.4. The van der Waals surface area contributed by atoms with Crippen LogP contribution in [0.3, 0.4) is 0 Å². The second-order valence-electron chi connectivity index (χ2n) is 7.60. The Bertz CT molecular complexity index is 673. The Balaban J connectivity index is 2.19. The van der Waals surface area contributed by atoms with Crippen molar-refractivity contribution in [1.82, 2.24) is 9.80 Å². The minimum atomic E-state index is -0.403. The molecule has 1 saturated heterocycles. The zero-order valence-electron chi connectivity index (χ0n) is 15.2. The van der Waals surface area contributed by atoms with E-state index in [0.29, 0.717) is 23.7 Å². The summed E-state index contributed by atoms with van der Waals surface area (Å²) in [6, 6.07) is 5.60. The van der Waals surface area contributed by atoms with Crippen LogP contribution in [-0.2, 0) is 6.54 Å². The SMILES string of the molecule is Cc1c(CN2CCN(C(C)(C)C)[C@@H](C)C2)cc(C#N)cc1[N+](=O)[O-]. The van der Waals surface area contributed by atoms with Crippen LogP contribution in [0.4, 0.5) is 5.69 Å². The molecule has 1 atom stereocenters. The van der Waals surface area contributed by atoms with Gasteiger partial charge in [-0.3, -0.25) is 19.9 Å². The van der Waals surface area contributed by atoms with Crippen LogP contribution in [0.2, 0.25) is 0 Å². The normalized spacial score (nSPS) is 19.9. The van der Waals surface area contributed by atoms with Crippen LogP contribution in [0.5, 0.6) is 0 Å². The number of nitrogens with zero attached hydrogens (tertiary/aromatic N) is 4. The molecule has 0 unspecified atom stereocenters. The summed E-state index contributed by atoms with van der Waals surface area (Å²) < 4.78 is 0. The molecule has 1 aromatic carbocycles. The third kappa shape index (κ3) is 3.92. The molecular formula is C18H26N4O2. The number of nitro groups is 1. The number of benzene rings is 1. The molecule has 0 aromatic heterocycles. The summed E-state index contributed by atoms with van der Waals surface area (Å²) >= 11 is 0. The molecule has 6 nitrogen and oxygen atoms in total. The molecular weight excluding hydrogens is 304 g/mol. The number of hydrogen-bond donors (Lipinski definition) is 0. The van der Waals surface area contributed by atoms with Crippen molar-refractivity contribution < 1.29 is 4.92 Å². The van der Waals surface area contributed by atoms with Crippen molar-refractivity contribution >= 4 is 5.69 Å². The van der Waals surface area contributed by atoms with Gasteiger partial charge in [-0.05, 0) is 46.2 Å². The van der Waals surface area contributed by atoms with Crippen LogP contribution in [0.15, 0.2) is 12.1 Å².